The van der Waals surface area contributed by atoms with E-state index in [0.29, 0.717) is 5.92 Å². The fourth-order valence-corrected chi connectivity index (χ4v) is 4.08. The molecular weight excluding hydrogens is 329 g/mol. The summed E-state index contributed by atoms with van der Waals surface area (Å²) in [5.74, 6) is 1.93. The molecule has 1 saturated heterocycles. The smallest absolute Gasteiger partial charge is 0.123 e. The highest BCUT2D eigenvalue weighted by molar-refractivity contribution is 5.42. The number of nitrogens with zero attached hydrogens (tertiary/aromatic N) is 1. The first-order chi connectivity index (χ1) is 12.5. The second-order valence-corrected chi connectivity index (χ2v) is 7.87. The van der Waals surface area contributed by atoms with E-state index in [1.807, 2.05) is 6.07 Å². The Morgan fingerprint density at radius 3 is 2.50 bits per heavy atom. The third kappa shape index (κ3) is 3.56. The molecule has 0 N–H and O–H groups in total. The molecule has 0 aromatic heterocycles. The van der Waals surface area contributed by atoms with Gasteiger partial charge in [0.15, 0.2) is 0 Å². The van der Waals surface area contributed by atoms with E-state index in [9.17, 15) is 4.39 Å². The lowest BCUT2D eigenvalue weighted by Crippen LogP contribution is -2.44. The van der Waals surface area contributed by atoms with Crippen molar-refractivity contribution in [3.63, 3.8) is 0 Å². The Hall–Kier alpha value is -2.07. The van der Waals surface area contributed by atoms with Gasteiger partial charge in [-0.25, -0.2) is 4.39 Å². The summed E-state index contributed by atoms with van der Waals surface area (Å²) in [5, 5.41) is 0. The Morgan fingerprint density at radius 2 is 1.77 bits per heavy atom. The molecule has 4 rings (SSSR count). The van der Waals surface area contributed by atoms with Crippen LogP contribution in [0.2, 0.25) is 0 Å². The molecule has 2 aliphatic rings. The van der Waals surface area contributed by atoms with Gasteiger partial charge >= 0.3 is 0 Å². The van der Waals surface area contributed by atoms with Gasteiger partial charge in [-0.1, -0.05) is 18.2 Å². The van der Waals surface area contributed by atoms with Crippen LogP contribution in [0, 0.1) is 5.82 Å². The zero-order valence-corrected chi connectivity index (χ0v) is 15.5. The molecule has 1 unspecified atom stereocenters. The molecule has 3 nitrogen and oxygen atoms in total. The average Bonchev–Trinajstić information content (AvgIpc) is 2.89. The van der Waals surface area contributed by atoms with E-state index >= 15 is 0 Å². The summed E-state index contributed by atoms with van der Waals surface area (Å²) in [5.41, 5.74) is 1.15. The van der Waals surface area contributed by atoms with Gasteiger partial charge in [0.05, 0.1) is 0 Å². The van der Waals surface area contributed by atoms with Gasteiger partial charge in [-0.3, -0.25) is 0 Å². The van der Waals surface area contributed by atoms with Crippen molar-refractivity contribution in [2.75, 3.05) is 19.6 Å². The SMILES string of the molecule is CC1(C)Oc2ccccc2C1CN1CCC(Oc2ccc(F)cc2)CC1. The van der Waals surface area contributed by atoms with Crippen LogP contribution < -0.4 is 9.47 Å². The normalized spacial score (nSPS) is 22.7. The van der Waals surface area contributed by atoms with Crippen molar-refractivity contribution in [3.8, 4) is 11.5 Å². The van der Waals surface area contributed by atoms with Crippen LogP contribution in [0.4, 0.5) is 4.39 Å². The fraction of sp³-hybridized carbons (Fsp3) is 0.455. The lowest BCUT2D eigenvalue weighted by molar-refractivity contribution is 0.0626. The van der Waals surface area contributed by atoms with Gasteiger partial charge in [0.1, 0.15) is 29.0 Å². The minimum absolute atomic E-state index is 0.175. The van der Waals surface area contributed by atoms with Gasteiger partial charge in [-0.15, -0.1) is 0 Å². The molecule has 0 bridgehead atoms. The first-order valence-corrected chi connectivity index (χ1v) is 9.44. The maximum atomic E-state index is 13.0. The van der Waals surface area contributed by atoms with Crippen molar-refractivity contribution >= 4 is 0 Å². The van der Waals surface area contributed by atoms with E-state index in [1.165, 1.54) is 17.7 Å². The van der Waals surface area contributed by atoms with Crippen molar-refractivity contribution in [3.05, 3.63) is 59.9 Å². The number of halogens is 1. The van der Waals surface area contributed by atoms with Crippen molar-refractivity contribution < 1.29 is 13.9 Å². The lowest BCUT2D eigenvalue weighted by atomic mass is 9.86. The first kappa shape index (κ1) is 17.3. The van der Waals surface area contributed by atoms with Crippen LogP contribution in [0.25, 0.3) is 0 Å². The van der Waals surface area contributed by atoms with Crippen LogP contribution in [0.5, 0.6) is 11.5 Å². The number of hydrogen-bond acceptors (Lipinski definition) is 3. The minimum atomic E-state index is -0.228. The van der Waals surface area contributed by atoms with Gasteiger partial charge in [0.25, 0.3) is 0 Å². The van der Waals surface area contributed by atoms with Gasteiger partial charge in [0, 0.05) is 31.1 Å². The summed E-state index contributed by atoms with van der Waals surface area (Å²) in [4.78, 5) is 2.52. The first-order valence-electron chi connectivity index (χ1n) is 9.44. The molecule has 0 saturated carbocycles. The highest BCUT2D eigenvalue weighted by Crippen LogP contribution is 2.44. The topological polar surface area (TPSA) is 21.7 Å². The summed E-state index contributed by atoms with van der Waals surface area (Å²) in [6, 6.07) is 14.7. The highest BCUT2D eigenvalue weighted by Gasteiger charge is 2.42. The number of piperidine rings is 1. The molecule has 138 valence electrons. The molecule has 1 atom stereocenters. The number of fused-ring (bicyclic) bond motifs is 1. The second kappa shape index (κ2) is 6.92. The maximum absolute atomic E-state index is 13.0. The lowest BCUT2D eigenvalue weighted by Gasteiger charge is -2.36. The molecule has 2 heterocycles. The Balaban J connectivity index is 1.34. The Morgan fingerprint density at radius 1 is 1.08 bits per heavy atom. The van der Waals surface area contributed by atoms with E-state index in [1.54, 1.807) is 12.1 Å². The zero-order chi connectivity index (χ0) is 18.1. The zero-order valence-electron chi connectivity index (χ0n) is 15.5. The highest BCUT2D eigenvalue weighted by atomic mass is 19.1. The van der Waals surface area contributed by atoms with Crippen LogP contribution in [0.15, 0.2) is 48.5 Å². The van der Waals surface area contributed by atoms with Gasteiger partial charge in [-0.05, 0) is 57.0 Å². The van der Waals surface area contributed by atoms with Gasteiger partial charge < -0.3 is 14.4 Å². The molecule has 1 fully saturated rings. The number of benzene rings is 2. The van der Waals surface area contributed by atoms with E-state index < -0.39 is 0 Å². The van der Waals surface area contributed by atoms with Crippen molar-refractivity contribution in [1.29, 1.82) is 0 Å². The molecular formula is C22H26FNO2. The van der Waals surface area contributed by atoms with Crippen LogP contribution in [-0.2, 0) is 0 Å². The fourth-order valence-electron chi connectivity index (χ4n) is 4.08. The summed E-state index contributed by atoms with van der Waals surface area (Å²) in [6.07, 6.45) is 2.19. The molecule has 2 aromatic rings. The molecule has 0 amide bonds. The minimum Gasteiger partial charge on any atom is -0.490 e. The molecule has 4 heteroatoms. The van der Waals surface area contributed by atoms with Crippen LogP contribution >= 0.6 is 0 Å². The molecule has 26 heavy (non-hydrogen) atoms. The average molecular weight is 355 g/mol. The largest absolute Gasteiger partial charge is 0.490 e. The summed E-state index contributed by atoms with van der Waals surface area (Å²) in [7, 11) is 0. The van der Waals surface area contributed by atoms with Gasteiger partial charge in [0.2, 0.25) is 0 Å². The molecule has 2 aromatic carbocycles. The predicted molar refractivity (Wildman–Crippen MR) is 100 cm³/mol. The summed E-state index contributed by atoms with van der Waals surface area (Å²) >= 11 is 0. The number of para-hydroxylation sites is 1. The number of ether oxygens (including phenoxy) is 2. The summed E-state index contributed by atoms with van der Waals surface area (Å²) in [6.45, 7) is 7.40. The van der Waals surface area contributed by atoms with Crippen molar-refractivity contribution in [2.24, 2.45) is 0 Å². The van der Waals surface area contributed by atoms with Crippen molar-refractivity contribution in [2.45, 2.75) is 44.3 Å². The second-order valence-electron chi connectivity index (χ2n) is 7.87. The summed E-state index contributed by atoms with van der Waals surface area (Å²) < 4.78 is 25.2. The maximum Gasteiger partial charge on any atom is 0.123 e. The third-order valence-electron chi connectivity index (χ3n) is 5.60. The third-order valence-corrected chi connectivity index (χ3v) is 5.60. The Bertz CT molecular complexity index is 751. The van der Waals surface area contributed by atoms with Crippen LogP contribution in [-0.4, -0.2) is 36.2 Å². The van der Waals surface area contributed by atoms with Crippen molar-refractivity contribution in [1.82, 2.24) is 4.90 Å². The standard InChI is InChI=1S/C22H26FNO2/c1-22(2)20(19-5-3-4-6-21(19)26-22)15-24-13-11-18(12-14-24)25-17-9-7-16(23)8-10-17/h3-10,18,20H,11-15H2,1-2H3. The van der Waals surface area contributed by atoms with E-state index in [2.05, 4.69) is 36.9 Å². The monoisotopic (exact) mass is 355 g/mol. The van der Waals surface area contributed by atoms with Crippen LogP contribution in [0.1, 0.15) is 38.2 Å². The number of hydrogen-bond donors (Lipinski definition) is 0. The van der Waals surface area contributed by atoms with E-state index in [4.69, 9.17) is 9.47 Å². The van der Waals surface area contributed by atoms with E-state index in [-0.39, 0.29) is 17.5 Å². The predicted octanol–water partition coefficient (Wildman–Crippen LogP) is 4.62. The molecule has 0 radical (unpaired) electrons. The van der Waals surface area contributed by atoms with Gasteiger partial charge in [-0.2, -0.15) is 0 Å². The molecule has 2 aliphatic heterocycles. The Labute approximate surface area is 154 Å². The quantitative estimate of drug-likeness (QED) is 0.798. The van der Waals surface area contributed by atoms with Crippen LogP contribution in [0.3, 0.4) is 0 Å². The van der Waals surface area contributed by atoms with E-state index in [0.717, 1.165) is 44.0 Å². The molecule has 0 spiro atoms. The molecule has 0 aliphatic carbocycles. The number of likely N-dealkylation sites (tertiary alicyclic amines) is 1. The number of rotatable bonds is 4. The Kier molecular flexibility index (Phi) is 4.62.